The number of rotatable bonds is 5. The number of nitrogens with one attached hydrogen (secondary N) is 1. The third kappa shape index (κ3) is 4.75. The summed E-state index contributed by atoms with van der Waals surface area (Å²) in [6.07, 6.45) is 1.83. The quantitative estimate of drug-likeness (QED) is 0.566. The van der Waals surface area contributed by atoms with Crippen LogP contribution in [0.15, 0.2) is 88.7 Å². The molecule has 0 radical (unpaired) electrons. The van der Waals surface area contributed by atoms with Crippen molar-refractivity contribution in [1.82, 2.24) is 5.32 Å². The van der Waals surface area contributed by atoms with Crippen LogP contribution in [0.5, 0.6) is 0 Å². The molecule has 1 heterocycles. The van der Waals surface area contributed by atoms with Gasteiger partial charge >= 0.3 is 0 Å². The van der Waals surface area contributed by atoms with Crippen LogP contribution in [0.1, 0.15) is 11.1 Å². The fourth-order valence-electron chi connectivity index (χ4n) is 3.13. The fourth-order valence-corrected chi connectivity index (χ4v) is 4.31. The number of fused-ring (bicyclic) bond motifs is 1. The number of anilines is 1. The largest absolute Gasteiger partial charge is 0.350 e. The van der Waals surface area contributed by atoms with Crippen LogP contribution in [0.3, 0.4) is 0 Å². The van der Waals surface area contributed by atoms with E-state index in [0.29, 0.717) is 16.5 Å². The predicted octanol–water partition coefficient (Wildman–Crippen LogP) is 5.14. The van der Waals surface area contributed by atoms with Crippen molar-refractivity contribution in [2.24, 2.45) is 0 Å². The van der Waals surface area contributed by atoms with Crippen molar-refractivity contribution in [3.05, 3.63) is 99.9 Å². The van der Waals surface area contributed by atoms with Crippen molar-refractivity contribution in [1.29, 1.82) is 0 Å². The van der Waals surface area contributed by atoms with Gasteiger partial charge in [-0.15, -0.1) is 0 Å². The number of hydrogen-bond donors (Lipinski definition) is 1. The summed E-state index contributed by atoms with van der Waals surface area (Å²) in [7, 11) is 0. The Labute approximate surface area is 184 Å². The van der Waals surface area contributed by atoms with E-state index in [2.05, 4.69) is 5.32 Å². The van der Waals surface area contributed by atoms with E-state index < -0.39 is 0 Å². The van der Waals surface area contributed by atoms with Crippen molar-refractivity contribution in [3.8, 4) is 0 Å². The normalized spacial score (nSPS) is 14.5. The van der Waals surface area contributed by atoms with Crippen LogP contribution < -0.4 is 10.2 Å². The first-order valence-corrected chi connectivity index (χ1v) is 10.7. The van der Waals surface area contributed by atoms with E-state index in [-0.39, 0.29) is 18.4 Å². The smallest absolute Gasteiger partial charge is 0.265 e. The van der Waals surface area contributed by atoms with Gasteiger partial charge in [-0.2, -0.15) is 0 Å². The second-order valence-corrected chi connectivity index (χ2v) is 8.30. The molecule has 1 aliphatic heterocycles. The molecular weight excluding hydrogens is 416 g/mol. The Morgan fingerprint density at radius 2 is 1.67 bits per heavy atom. The Hall–Kier alpha value is -3.02. The average molecular weight is 435 g/mol. The van der Waals surface area contributed by atoms with Gasteiger partial charge in [0.25, 0.3) is 5.91 Å². The zero-order valence-electron chi connectivity index (χ0n) is 16.0. The van der Waals surface area contributed by atoms with Gasteiger partial charge in [-0.25, -0.2) is 0 Å². The van der Waals surface area contributed by atoms with Crippen molar-refractivity contribution < 1.29 is 9.59 Å². The number of hydrogen-bond acceptors (Lipinski definition) is 3. The standard InChI is InChI=1S/C24H19ClN2O2S/c25-19-12-10-17(11-13-19)14-22-24(29)27(20-8-4-5-9-21(20)30-22)16-23(28)26-15-18-6-2-1-3-7-18/h1-14H,15-16H2,(H,26,28)/b22-14-. The predicted molar refractivity (Wildman–Crippen MR) is 122 cm³/mol. The van der Waals surface area contributed by atoms with Gasteiger partial charge < -0.3 is 5.32 Å². The molecule has 0 saturated carbocycles. The summed E-state index contributed by atoms with van der Waals surface area (Å²) in [5, 5.41) is 3.54. The third-order valence-corrected chi connectivity index (χ3v) is 5.96. The molecule has 0 bridgehead atoms. The lowest BCUT2D eigenvalue weighted by atomic mass is 10.2. The number of nitrogens with zero attached hydrogens (tertiary/aromatic N) is 1. The first kappa shape index (κ1) is 20.3. The van der Waals surface area contributed by atoms with E-state index in [4.69, 9.17) is 11.6 Å². The monoisotopic (exact) mass is 434 g/mol. The highest BCUT2D eigenvalue weighted by molar-refractivity contribution is 8.04. The number of amides is 2. The fraction of sp³-hybridized carbons (Fsp3) is 0.0833. The highest BCUT2D eigenvalue weighted by Gasteiger charge is 2.30. The molecule has 0 aliphatic carbocycles. The minimum atomic E-state index is -0.209. The molecule has 0 fully saturated rings. The summed E-state index contributed by atoms with van der Waals surface area (Å²) >= 11 is 7.37. The lowest BCUT2D eigenvalue weighted by Gasteiger charge is -2.29. The van der Waals surface area contributed by atoms with Crippen LogP contribution in [0.25, 0.3) is 6.08 Å². The summed E-state index contributed by atoms with van der Waals surface area (Å²) in [5.41, 5.74) is 2.63. The van der Waals surface area contributed by atoms with E-state index in [1.54, 1.807) is 12.1 Å². The maximum atomic E-state index is 13.2. The lowest BCUT2D eigenvalue weighted by Crippen LogP contribution is -2.42. The summed E-state index contributed by atoms with van der Waals surface area (Å²) < 4.78 is 0. The van der Waals surface area contributed by atoms with E-state index >= 15 is 0 Å². The Morgan fingerprint density at radius 3 is 2.43 bits per heavy atom. The first-order chi connectivity index (χ1) is 14.6. The molecule has 0 aromatic heterocycles. The highest BCUT2D eigenvalue weighted by Crippen LogP contribution is 2.41. The van der Waals surface area contributed by atoms with E-state index in [1.807, 2.05) is 72.8 Å². The minimum absolute atomic E-state index is 0.0405. The van der Waals surface area contributed by atoms with Crippen LogP contribution in [0.4, 0.5) is 5.69 Å². The maximum Gasteiger partial charge on any atom is 0.265 e. The molecule has 0 unspecified atom stereocenters. The number of carbonyl (C=O) groups excluding carboxylic acids is 2. The molecule has 150 valence electrons. The zero-order chi connectivity index (χ0) is 20.9. The second-order valence-electron chi connectivity index (χ2n) is 6.78. The van der Waals surface area contributed by atoms with E-state index in [1.165, 1.54) is 16.7 Å². The third-order valence-electron chi connectivity index (χ3n) is 4.63. The molecule has 4 rings (SSSR count). The molecule has 3 aromatic carbocycles. The van der Waals surface area contributed by atoms with Gasteiger partial charge in [0, 0.05) is 16.5 Å². The summed E-state index contributed by atoms with van der Waals surface area (Å²) in [6, 6.07) is 24.6. The molecule has 1 N–H and O–H groups in total. The van der Waals surface area contributed by atoms with Gasteiger partial charge in [-0.3, -0.25) is 14.5 Å². The summed E-state index contributed by atoms with van der Waals surface area (Å²) in [6.45, 7) is 0.382. The van der Waals surface area contributed by atoms with E-state index in [0.717, 1.165) is 21.7 Å². The molecule has 0 spiro atoms. The van der Waals surface area contributed by atoms with Gasteiger partial charge in [0.1, 0.15) is 6.54 Å². The molecule has 3 aromatic rings. The van der Waals surface area contributed by atoms with Gasteiger partial charge in [-0.05, 0) is 41.5 Å². The van der Waals surface area contributed by atoms with Gasteiger partial charge in [0.05, 0.1) is 10.6 Å². The van der Waals surface area contributed by atoms with Crippen molar-refractivity contribution in [2.45, 2.75) is 11.4 Å². The number of benzene rings is 3. The van der Waals surface area contributed by atoms with Crippen LogP contribution in [0, 0.1) is 0 Å². The molecule has 4 nitrogen and oxygen atoms in total. The molecule has 1 aliphatic rings. The van der Waals surface area contributed by atoms with E-state index in [9.17, 15) is 9.59 Å². The SMILES string of the molecule is O=C(CN1C(=O)/C(=C/c2ccc(Cl)cc2)Sc2ccccc21)NCc1ccccc1. The van der Waals surface area contributed by atoms with Crippen LogP contribution in [0.2, 0.25) is 5.02 Å². The highest BCUT2D eigenvalue weighted by atomic mass is 35.5. The summed E-state index contributed by atoms with van der Waals surface area (Å²) in [4.78, 5) is 28.8. The Balaban J connectivity index is 1.55. The molecule has 30 heavy (non-hydrogen) atoms. The Bertz CT molecular complexity index is 1100. The molecule has 6 heteroatoms. The van der Waals surface area contributed by atoms with Gasteiger partial charge in [-0.1, -0.05) is 78.0 Å². The van der Waals surface area contributed by atoms with Crippen LogP contribution in [-0.4, -0.2) is 18.4 Å². The zero-order valence-corrected chi connectivity index (χ0v) is 17.6. The molecule has 0 saturated heterocycles. The molecule has 0 atom stereocenters. The average Bonchev–Trinajstić information content (AvgIpc) is 2.77. The van der Waals surface area contributed by atoms with Crippen molar-refractivity contribution in [2.75, 3.05) is 11.4 Å². The van der Waals surface area contributed by atoms with Crippen molar-refractivity contribution in [3.63, 3.8) is 0 Å². The summed E-state index contributed by atoms with van der Waals surface area (Å²) in [5.74, 6) is -0.400. The lowest BCUT2D eigenvalue weighted by molar-refractivity contribution is -0.122. The maximum absolute atomic E-state index is 13.2. The first-order valence-electron chi connectivity index (χ1n) is 9.47. The van der Waals surface area contributed by atoms with Gasteiger partial charge in [0.15, 0.2) is 0 Å². The Morgan fingerprint density at radius 1 is 0.967 bits per heavy atom. The van der Waals surface area contributed by atoms with Gasteiger partial charge in [0.2, 0.25) is 5.91 Å². The minimum Gasteiger partial charge on any atom is -0.350 e. The molecule has 2 amide bonds. The number of para-hydroxylation sites is 1. The number of thioether (sulfide) groups is 1. The van der Waals surface area contributed by atoms with Crippen molar-refractivity contribution >= 4 is 46.9 Å². The van der Waals surface area contributed by atoms with Crippen LogP contribution in [-0.2, 0) is 16.1 Å². The topological polar surface area (TPSA) is 49.4 Å². The molecular formula is C24H19ClN2O2S. The number of carbonyl (C=O) groups is 2. The second kappa shape index (κ2) is 9.20. The number of halogens is 1. The van der Waals surface area contributed by atoms with Crippen LogP contribution >= 0.6 is 23.4 Å². The Kier molecular flexibility index (Phi) is 6.21.